The molecule has 3 N–H and O–H groups in total. The third-order valence-electron chi connectivity index (χ3n) is 1.93. The molecule has 0 aliphatic heterocycles. The van der Waals surface area contributed by atoms with Gasteiger partial charge in [-0.1, -0.05) is 13.0 Å². The van der Waals surface area contributed by atoms with Crippen LogP contribution in [-0.2, 0) is 4.74 Å². The van der Waals surface area contributed by atoms with Crippen LogP contribution in [0.2, 0.25) is 6.04 Å². The third kappa shape index (κ3) is 7.15. The molecule has 13 heavy (non-hydrogen) atoms. The monoisotopic (exact) mass is 208 g/mol. The number of aliphatic hydroxyl groups is 3. The Morgan fingerprint density at radius 2 is 1.92 bits per heavy atom. The summed E-state index contributed by atoms with van der Waals surface area (Å²) < 4.78 is 5.05. The first-order valence-corrected chi connectivity index (χ1v) is 7.20. The van der Waals surface area contributed by atoms with Crippen LogP contribution in [-0.4, -0.2) is 49.5 Å². The summed E-state index contributed by atoms with van der Waals surface area (Å²) in [5, 5.41) is 26.6. The van der Waals surface area contributed by atoms with Crippen molar-refractivity contribution < 1.29 is 20.1 Å². The van der Waals surface area contributed by atoms with Crippen molar-refractivity contribution in [2.75, 3.05) is 19.1 Å². The van der Waals surface area contributed by atoms with Crippen LogP contribution >= 0.6 is 0 Å². The maximum Gasteiger partial charge on any atom is 0.154 e. The second-order valence-electron chi connectivity index (χ2n) is 3.11. The molecule has 0 aliphatic carbocycles. The summed E-state index contributed by atoms with van der Waals surface area (Å²) in [4.78, 5) is 0. The van der Waals surface area contributed by atoms with Crippen LogP contribution in [0, 0.1) is 0 Å². The van der Waals surface area contributed by atoms with Crippen molar-refractivity contribution in [1.82, 2.24) is 0 Å². The lowest BCUT2D eigenvalue weighted by atomic mass is 10.4. The van der Waals surface area contributed by atoms with E-state index in [1.54, 1.807) is 0 Å². The molecule has 80 valence electrons. The number of rotatable bonds is 8. The summed E-state index contributed by atoms with van der Waals surface area (Å²) in [5.74, 6) is 0. The zero-order chi connectivity index (χ0) is 10.1. The molecule has 0 saturated carbocycles. The smallest absolute Gasteiger partial charge is 0.154 e. The molecule has 0 bridgehead atoms. The van der Waals surface area contributed by atoms with E-state index in [0.717, 1.165) is 12.5 Å². The standard InChI is InChI=1S/C8H20O4Si/c1-2-8(11)12-4-3-5-13(6-9)7-10/h8-11,13H,2-7H2,1H3. The van der Waals surface area contributed by atoms with E-state index in [2.05, 4.69) is 0 Å². The Morgan fingerprint density at radius 1 is 1.31 bits per heavy atom. The second-order valence-corrected chi connectivity index (χ2v) is 6.15. The van der Waals surface area contributed by atoms with Crippen molar-refractivity contribution in [3.05, 3.63) is 0 Å². The summed E-state index contributed by atoms with van der Waals surface area (Å²) in [6, 6.07) is 0.865. The molecule has 0 radical (unpaired) electrons. The Hall–Kier alpha value is 0.0569. The molecule has 0 rings (SSSR count). The van der Waals surface area contributed by atoms with Crippen LogP contribution in [0.25, 0.3) is 0 Å². The van der Waals surface area contributed by atoms with E-state index < -0.39 is 15.1 Å². The van der Waals surface area contributed by atoms with E-state index in [4.69, 9.17) is 20.1 Å². The SMILES string of the molecule is CCC(O)OCCC[SiH](CO)CO. The number of aliphatic hydroxyl groups excluding tert-OH is 3. The number of hydrogen-bond acceptors (Lipinski definition) is 4. The topological polar surface area (TPSA) is 69.9 Å². The molecule has 0 aromatic heterocycles. The molecule has 0 aromatic rings. The highest BCUT2D eigenvalue weighted by atomic mass is 28.3. The zero-order valence-electron chi connectivity index (χ0n) is 8.15. The van der Waals surface area contributed by atoms with Crippen LogP contribution in [0.1, 0.15) is 19.8 Å². The molecule has 5 heteroatoms. The average molecular weight is 208 g/mol. The molecule has 1 unspecified atom stereocenters. The van der Waals surface area contributed by atoms with Crippen molar-refractivity contribution in [2.45, 2.75) is 32.1 Å². The van der Waals surface area contributed by atoms with Gasteiger partial charge in [0, 0.05) is 19.1 Å². The first kappa shape index (κ1) is 13.1. The van der Waals surface area contributed by atoms with E-state index in [0.29, 0.717) is 13.0 Å². The summed E-state index contributed by atoms with van der Waals surface area (Å²) in [6.45, 7) is 2.36. The Bertz CT molecular complexity index is 108. The average Bonchev–Trinajstić information content (AvgIpc) is 2.18. The third-order valence-corrected chi connectivity index (χ3v) is 4.19. The molecule has 0 aromatic carbocycles. The van der Waals surface area contributed by atoms with E-state index >= 15 is 0 Å². The van der Waals surface area contributed by atoms with Crippen LogP contribution in [0.3, 0.4) is 0 Å². The van der Waals surface area contributed by atoms with Gasteiger partial charge < -0.3 is 20.1 Å². The van der Waals surface area contributed by atoms with Gasteiger partial charge in [0.2, 0.25) is 0 Å². The normalized spacial score (nSPS) is 13.6. The maximum atomic E-state index is 9.03. The fraction of sp³-hybridized carbons (Fsp3) is 1.00. The van der Waals surface area contributed by atoms with E-state index in [1.807, 2.05) is 6.92 Å². The summed E-state index contributed by atoms with van der Waals surface area (Å²) in [6.07, 6.45) is 1.04. The van der Waals surface area contributed by atoms with Crippen LogP contribution in [0.5, 0.6) is 0 Å². The Labute approximate surface area is 80.8 Å². The van der Waals surface area contributed by atoms with Gasteiger partial charge in [-0.05, 0) is 12.8 Å². The van der Waals surface area contributed by atoms with Gasteiger partial charge in [-0.15, -0.1) is 0 Å². The van der Waals surface area contributed by atoms with Gasteiger partial charge >= 0.3 is 0 Å². The summed E-state index contributed by atoms with van der Waals surface area (Å²) in [5.41, 5.74) is 0. The van der Waals surface area contributed by atoms with E-state index in [-0.39, 0.29) is 12.5 Å². The van der Waals surface area contributed by atoms with E-state index in [9.17, 15) is 0 Å². The summed E-state index contributed by atoms with van der Waals surface area (Å²) in [7, 11) is -1.31. The van der Waals surface area contributed by atoms with Gasteiger partial charge in [-0.25, -0.2) is 0 Å². The molecule has 0 aliphatic rings. The molecule has 1 atom stereocenters. The minimum atomic E-state index is -1.31. The van der Waals surface area contributed by atoms with Crippen molar-refractivity contribution >= 4 is 8.80 Å². The Morgan fingerprint density at radius 3 is 2.38 bits per heavy atom. The molecule has 0 heterocycles. The van der Waals surface area contributed by atoms with Crippen molar-refractivity contribution in [3.63, 3.8) is 0 Å². The lowest BCUT2D eigenvalue weighted by Gasteiger charge is -2.11. The molecular weight excluding hydrogens is 188 g/mol. The van der Waals surface area contributed by atoms with Gasteiger partial charge in [-0.2, -0.15) is 0 Å². The first-order valence-electron chi connectivity index (χ1n) is 4.76. The maximum absolute atomic E-state index is 9.03. The van der Waals surface area contributed by atoms with Crippen LogP contribution in [0.15, 0.2) is 0 Å². The quantitative estimate of drug-likeness (QED) is 0.283. The lowest BCUT2D eigenvalue weighted by molar-refractivity contribution is -0.0997. The summed E-state index contributed by atoms with van der Waals surface area (Å²) >= 11 is 0. The van der Waals surface area contributed by atoms with Gasteiger partial charge in [0.1, 0.15) is 0 Å². The van der Waals surface area contributed by atoms with Crippen molar-refractivity contribution in [1.29, 1.82) is 0 Å². The van der Waals surface area contributed by atoms with Gasteiger partial charge in [0.25, 0.3) is 0 Å². The molecule has 0 fully saturated rings. The van der Waals surface area contributed by atoms with Crippen molar-refractivity contribution in [3.8, 4) is 0 Å². The van der Waals surface area contributed by atoms with Crippen molar-refractivity contribution in [2.24, 2.45) is 0 Å². The molecular formula is C8H20O4Si. The highest BCUT2D eigenvalue weighted by Crippen LogP contribution is 2.00. The zero-order valence-corrected chi connectivity index (χ0v) is 9.30. The largest absolute Gasteiger partial charge is 0.400 e. The molecule has 4 nitrogen and oxygen atoms in total. The van der Waals surface area contributed by atoms with E-state index in [1.165, 1.54) is 0 Å². The molecule has 0 spiro atoms. The van der Waals surface area contributed by atoms with Gasteiger partial charge in [-0.3, -0.25) is 0 Å². The highest BCUT2D eigenvalue weighted by Gasteiger charge is 2.07. The van der Waals surface area contributed by atoms with Gasteiger partial charge in [0.15, 0.2) is 6.29 Å². The molecule has 0 saturated heterocycles. The van der Waals surface area contributed by atoms with Crippen LogP contribution in [0.4, 0.5) is 0 Å². The predicted octanol–water partition coefficient (Wildman–Crippen LogP) is -0.588. The predicted molar refractivity (Wildman–Crippen MR) is 53.0 cm³/mol. The Balaban J connectivity index is 3.23. The fourth-order valence-corrected chi connectivity index (χ4v) is 2.17. The highest BCUT2D eigenvalue weighted by molar-refractivity contribution is 6.58. The Kier molecular flexibility index (Phi) is 8.68. The first-order chi connectivity index (χ1) is 6.24. The minimum Gasteiger partial charge on any atom is -0.400 e. The van der Waals surface area contributed by atoms with Gasteiger partial charge in [0.05, 0.1) is 8.80 Å². The minimum absolute atomic E-state index is 0.146. The lowest BCUT2D eigenvalue weighted by Crippen LogP contribution is -2.24. The van der Waals surface area contributed by atoms with Crippen LogP contribution < -0.4 is 0 Å². The second kappa shape index (κ2) is 8.65. The number of ether oxygens (including phenoxy) is 1. The molecule has 0 amide bonds. The number of hydrogen-bond donors (Lipinski definition) is 3. The fourth-order valence-electron chi connectivity index (χ4n) is 0.950.